The number of hydrogen-bond acceptors (Lipinski definition) is 5. The van der Waals surface area contributed by atoms with Gasteiger partial charge in [0.1, 0.15) is 17.7 Å². The molecule has 0 bridgehead atoms. The molecule has 2 atom stereocenters. The molecule has 1 aliphatic heterocycles. The van der Waals surface area contributed by atoms with Crippen molar-refractivity contribution in [3.63, 3.8) is 0 Å². The van der Waals surface area contributed by atoms with Crippen molar-refractivity contribution >= 4 is 44.7 Å². The first-order valence-corrected chi connectivity index (χ1v) is 18.3. The maximum absolute atomic E-state index is 6.87. The van der Waals surface area contributed by atoms with E-state index in [4.69, 9.17) is 24.7 Å². The molecule has 0 saturated carbocycles. The molecule has 2 aliphatic rings. The summed E-state index contributed by atoms with van der Waals surface area (Å²) in [7, 11) is 0. The highest BCUT2D eigenvalue weighted by Gasteiger charge is 2.40. The zero-order valence-electron chi connectivity index (χ0n) is 28.8. The normalized spacial score (nSPS) is 16.5. The molecule has 3 heterocycles. The van der Waals surface area contributed by atoms with E-state index in [1.165, 1.54) is 10.3 Å². The zero-order valence-corrected chi connectivity index (χ0v) is 29.6. The summed E-state index contributed by atoms with van der Waals surface area (Å²) in [5.74, 6) is 1.92. The Hall–Kier alpha value is -6.24. The highest BCUT2D eigenvalue weighted by molar-refractivity contribution is 7.17. The van der Waals surface area contributed by atoms with Crippen LogP contribution in [0.4, 0.5) is 5.69 Å². The number of aryl methyl sites for hydroxylation is 1. The minimum Gasteiger partial charge on any atom is -0.484 e. The van der Waals surface area contributed by atoms with Gasteiger partial charge in [-0.3, -0.25) is 0 Å². The van der Waals surface area contributed by atoms with Gasteiger partial charge in [-0.25, -0.2) is 20.0 Å². The third-order valence-electron chi connectivity index (χ3n) is 9.69. The lowest BCUT2D eigenvalue weighted by Crippen LogP contribution is -2.30. The fourth-order valence-electron chi connectivity index (χ4n) is 7.05. The summed E-state index contributed by atoms with van der Waals surface area (Å²) in [5, 5.41) is 3.23. The SMILES string of the molecule is Cc1ccc(C=NC(=Nc2csc3ccccc23)C2C=CC=C3c4c(cccc4-c4nc(-c5ccccc5)c(C)c(-c5ccccc5)n4)OC32)cc1. The summed E-state index contributed by atoms with van der Waals surface area (Å²) in [6, 6.07) is 43.6. The van der Waals surface area contributed by atoms with Crippen molar-refractivity contribution in [2.24, 2.45) is 15.9 Å². The molecule has 5 aromatic carbocycles. The number of aliphatic imine (C=N–C) groups is 2. The van der Waals surface area contributed by atoms with Crippen LogP contribution in [0.2, 0.25) is 0 Å². The van der Waals surface area contributed by atoms with E-state index < -0.39 is 0 Å². The van der Waals surface area contributed by atoms with Crippen molar-refractivity contribution in [3.8, 4) is 39.7 Å². The number of nitrogens with zero attached hydrogens (tertiary/aromatic N) is 4. The topological polar surface area (TPSA) is 59.7 Å². The minimum absolute atomic E-state index is 0.237. The molecule has 0 radical (unpaired) electrons. The number of amidine groups is 1. The Morgan fingerprint density at radius 3 is 2.17 bits per heavy atom. The van der Waals surface area contributed by atoms with Crippen molar-refractivity contribution in [1.29, 1.82) is 0 Å². The van der Waals surface area contributed by atoms with E-state index in [0.717, 1.165) is 67.2 Å². The van der Waals surface area contributed by atoms with Crippen molar-refractivity contribution in [3.05, 3.63) is 173 Å². The molecule has 250 valence electrons. The lowest BCUT2D eigenvalue weighted by molar-refractivity contribution is 0.255. The highest BCUT2D eigenvalue weighted by atomic mass is 32.1. The summed E-state index contributed by atoms with van der Waals surface area (Å²) >= 11 is 1.69. The van der Waals surface area contributed by atoms with E-state index in [2.05, 4.69) is 141 Å². The van der Waals surface area contributed by atoms with E-state index in [-0.39, 0.29) is 12.0 Å². The van der Waals surface area contributed by atoms with Gasteiger partial charge in [-0.2, -0.15) is 0 Å². The van der Waals surface area contributed by atoms with Gasteiger partial charge in [0.2, 0.25) is 0 Å². The second-order valence-electron chi connectivity index (χ2n) is 13.1. The van der Waals surface area contributed by atoms with Gasteiger partial charge in [-0.05, 0) is 31.5 Å². The molecular weight excluding hydrogens is 657 g/mol. The molecule has 0 fully saturated rings. The molecule has 1 aliphatic carbocycles. The second kappa shape index (κ2) is 13.5. The van der Waals surface area contributed by atoms with Crippen molar-refractivity contribution in [1.82, 2.24) is 9.97 Å². The molecule has 5 nitrogen and oxygen atoms in total. The number of fused-ring (bicyclic) bond motifs is 4. The van der Waals surface area contributed by atoms with Crippen LogP contribution in [0.15, 0.2) is 161 Å². The van der Waals surface area contributed by atoms with Gasteiger partial charge in [-0.1, -0.05) is 139 Å². The average Bonchev–Trinajstić information content (AvgIpc) is 3.79. The predicted molar refractivity (Wildman–Crippen MR) is 216 cm³/mol. The smallest absolute Gasteiger partial charge is 0.161 e. The molecule has 0 spiro atoms. The molecule has 6 heteroatoms. The number of benzene rings is 5. The molecule has 0 saturated heterocycles. The minimum atomic E-state index is -0.326. The van der Waals surface area contributed by atoms with Crippen LogP contribution >= 0.6 is 11.3 Å². The van der Waals surface area contributed by atoms with Gasteiger partial charge in [-0.15, -0.1) is 11.3 Å². The van der Waals surface area contributed by atoms with Crippen LogP contribution in [0.5, 0.6) is 5.75 Å². The maximum Gasteiger partial charge on any atom is 0.161 e. The summed E-state index contributed by atoms with van der Waals surface area (Å²) in [4.78, 5) is 20.8. The fraction of sp³-hybridized carbons (Fsp3) is 0.0870. The van der Waals surface area contributed by atoms with Gasteiger partial charge in [0.25, 0.3) is 0 Å². The number of hydrogen-bond donors (Lipinski definition) is 0. The van der Waals surface area contributed by atoms with Crippen LogP contribution in [0, 0.1) is 19.8 Å². The fourth-order valence-corrected chi connectivity index (χ4v) is 7.92. The number of allylic oxidation sites excluding steroid dienone is 2. The van der Waals surface area contributed by atoms with E-state index in [1.54, 1.807) is 11.3 Å². The maximum atomic E-state index is 6.87. The standard InChI is InChI=1S/C46H34N4OS/c1-29-23-25-31(26-24-29)27-47-45(48-38-28-52-40-22-10-9-17-34(38)40)37-20-11-18-35-41-36(19-12-21-39(41)51-44(35)37)46-49-42(32-13-5-3-6-14-32)30(2)43(50-46)33-15-7-4-8-16-33/h3-28,37,44H,1-2H3. The van der Waals surface area contributed by atoms with Crippen LogP contribution in [0.1, 0.15) is 22.3 Å². The molecule has 0 N–H and O–H groups in total. The first-order valence-electron chi connectivity index (χ1n) is 17.4. The van der Waals surface area contributed by atoms with Crippen LogP contribution in [-0.2, 0) is 0 Å². The van der Waals surface area contributed by atoms with Gasteiger partial charge in [0.05, 0.1) is 23.0 Å². The summed E-state index contributed by atoms with van der Waals surface area (Å²) in [6.07, 6.45) is 8.00. The first-order chi connectivity index (χ1) is 25.6. The Bertz CT molecular complexity index is 2510. The van der Waals surface area contributed by atoms with E-state index in [1.807, 2.05) is 30.5 Å². The number of rotatable bonds is 6. The van der Waals surface area contributed by atoms with Gasteiger partial charge in [0.15, 0.2) is 5.82 Å². The molecule has 2 unspecified atom stereocenters. The highest BCUT2D eigenvalue weighted by Crippen LogP contribution is 2.48. The monoisotopic (exact) mass is 690 g/mol. The van der Waals surface area contributed by atoms with Crippen LogP contribution in [0.3, 0.4) is 0 Å². The molecule has 52 heavy (non-hydrogen) atoms. The number of aromatic nitrogens is 2. The third kappa shape index (κ3) is 5.87. The van der Waals surface area contributed by atoms with E-state index in [9.17, 15) is 0 Å². The van der Waals surface area contributed by atoms with Crippen molar-refractivity contribution in [2.75, 3.05) is 0 Å². The number of ether oxygens (including phenoxy) is 1. The van der Waals surface area contributed by atoms with Crippen LogP contribution in [-0.4, -0.2) is 28.1 Å². The third-order valence-corrected chi connectivity index (χ3v) is 10.6. The van der Waals surface area contributed by atoms with E-state index in [0.29, 0.717) is 11.7 Å². The van der Waals surface area contributed by atoms with Crippen molar-refractivity contribution < 1.29 is 4.74 Å². The predicted octanol–water partition coefficient (Wildman–Crippen LogP) is 11.5. The molecule has 7 aromatic rings. The Kier molecular flexibility index (Phi) is 8.22. The summed E-state index contributed by atoms with van der Waals surface area (Å²) in [5.41, 5.74) is 11.1. The van der Waals surface area contributed by atoms with Gasteiger partial charge in [0, 0.05) is 55.1 Å². The largest absolute Gasteiger partial charge is 0.484 e. The summed E-state index contributed by atoms with van der Waals surface area (Å²) < 4.78 is 8.06. The Morgan fingerprint density at radius 1 is 0.750 bits per heavy atom. The molecule has 0 amide bonds. The lowest BCUT2D eigenvalue weighted by atomic mass is 9.86. The summed E-state index contributed by atoms with van der Waals surface area (Å²) in [6.45, 7) is 4.20. The van der Waals surface area contributed by atoms with Gasteiger partial charge < -0.3 is 4.74 Å². The average molecular weight is 691 g/mol. The molecule has 2 aromatic heterocycles. The van der Waals surface area contributed by atoms with Gasteiger partial charge >= 0.3 is 0 Å². The zero-order chi connectivity index (χ0) is 35.0. The quantitative estimate of drug-likeness (QED) is 0.129. The molecular formula is C46H34N4OS. The molecule has 9 rings (SSSR count). The Labute approximate surface area is 307 Å². The Morgan fingerprint density at radius 2 is 1.44 bits per heavy atom. The van der Waals surface area contributed by atoms with Crippen molar-refractivity contribution in [2.45, 2.75) is 20.0 Å². The number of thiophene rings is 1. The van der Waals surface area contributed by atoms with E-state index >= 15 is 0 Å². The first kappa shape index (κ1) is 31.7. The van der Waals surface area contributed by atoms with Crippen LogP contribution in [0.25, 0.3) is 49.6 Å². The lowest BCUT2D eigenvalue weighted by Gasteiger charge is -2.24. The Balaban J connectivity index is 1.16. The van der Waals surface area contributed by atoms with Crippen LogP contribution < -0.4 is 4.74 Å². The second-order valence-corrected chi connectivity index (χ2v) is 14.0.